The Morgan fingerprint density at radius 1 is 0.784 bits per heavy atom. The van der Waals surface area contributed by atoms with Crippen LogP contribution >= 0.6 is 0 Å². The van der Waals surface area contributed by atoms with Crippen molar-refractivity contribution in [1.29, 1.82) is 0 Å². The molecule has 0 bridgehead atoms. The fourth-order valence-corrected chi connectivity index (χ4v) is 7.60. The van der Waals surface area contributed by atoms with Crippen LogP contribution < -0.4 is 0 Å². The molecule has 11 nitrogen and oxygen atoms in total. The predicted octanol–water partition coefficient (Wildman–Crippen LogP) is 8.87. The number of rotatable bonds is 4. The zero-order valence-corrected chi connectivity index (χ0v) is 30.7. The highest BCUT2D eigenvalue weighted by Crippen LogP contribution is 2.39. The smallest absolute Gasteiger partial charge is 0.410 e. The van der Waals surface area contributed by atoms with Crippen molar-refractivity contribution in [3.05, 3.63) is 71.6 Å². The number of benzene rings is 2. The highest BCUT2D eigenvalue weighted by Gasteiger charge is 2.38. The Morgan fingerprint density at radius 2 is 1.37 bits per heavy atom. The van der Waals surface area contributed by atoms with Gasteiger partial charge in [0.2, 0.25) is 0 Å². The molecule has 2 fully saturated rings. The number of hydrogen-bond donors (Lipinski definition) is 2. The van der Waals surface area contributed by atoms with Crippen molar-refractivity contribution in [3.8, 4) is 33.6 Å². The molecule has 2 aromatic carbocycles. The van der Waals surface area contributed by atoms with E-state index in [9.17, 15) is 14.8 Å². The van der Waals surface area contributed by atoms with Gasteiger partial charge in [0, 0.05) is 18.7 Å². The number of hydrogen-bond acceptors (Lipinski definition) is 7. The second-order valence-corrected chi connectivity index (χ2v) is 16.1. The molecule has 0 saturated carbocycles. The summed E-state index contributed by atoms with van der Waals surface area (Å²) in [4.78, 5) is 42.6. The van der Waals surface area contributed by atoms with Crippen LogP contribution in [0, 0.1) is 0 Å². The van der Waals surface area contributed by atoms with E-state index in [1.807, 2.05) is 47.7 Å². The van der Waals surface area contributed by atoms with Crippen LogP contribution in [0.5, 0.6) is 0 Å². The summed E-state index contributed by atoms with van der Waals surface area (Å²) in [6.45, 7) is 12.5. The van der Waals surface area contributed by atoms with Crippen LogP contribution in [0.4, 0.5) is 9.59 Å². The Balaban J connectivity index is 1.11. The number of ether oxygens (including phenoxy) is 2. The molecule has 3 aliphatic rings. The summed E-state index contributed by atoms with van der Waals surface area (Å²) in [6, 6.07) is 14.5. The summed E-state index contributed by atoms with van der Waals surface area (Å²) in [7, 11) is 0. The molecule has 11 heteroatoms. The third-order valence-corrected chi connectivity index (χ3v) is 9.94. The van der Waals surface area contributed by atoms with E-state index in [1.54, 1.807) is 9.80 Å². The second-order valence-electron chi connectivity index (χ2n) is 16.1. The number of aromatic amines is 1. The van der Waals surface area contributed by atoms with E-state index in [2.05, 4.69) is 52.4 Å². The lowest BCUT2D eigenvalue weighted by Gasteiger charge is -2.28. The molecule has 4 heterocycles. The number of carbonyl (C=O) groups excluding carboxylic acids is 2. The first-order chi connectivity index (χ1) is 24.3. The zero-order chi connectivity index (χ0) is 36.1. The molecular formula is C40H50N6O5. The van der Waals surface area contributed by atoms with E-state index in [-0.39, 0.29) is 24.3 Å². The van der Waals surface area contributed by atoms with E-state index in [0.717, 1.165) is 96.5 Å². The summed E-state index contributed by atoms with van der Waals surface area (Å²) in [5.74, 6) is 1.28. The van der Waals surface area contributed by atoms with Gasteiger partial charge in [0.05, 0.1) is 35.4 Å². The van der Waals surface area contributed by atoms with Gasteiger partial charge in [-0.1, -0.05) is 42.5 Å². The number of H-pyrrole nitrogens is 1. The molecule has 0 radical (unpaired) electrons. The Morgan fingerprint density at radius 3 is 2.04 bits per heavy atom. The summed E-state index contributed by atoms with van der Waals surface area (Å²) in [6.07, 6.45) is 8.03. The molecule has 2 aliphatic heterocycles. The van der Waals surface area contributed by atoms with E-state index in [1.165, 1.54) is 10.3 Å². The highest BCUT2D eigenvalue weighted by atomic mass is 16.6. The zero-order valence-electron chi connectivity index (χ0n) is 30.7. The van der Waals surface area contributed by atoms with E-state index in [0.29, 0.717) is 18.9 Å². The molecule has 2 atom stereocenters. The van der Waals surface area contributed by atoms with Crippen molar-refractivity contribution >= 4 is 12.2 Å². The van der Waals surface area contributed by atoms with Gasteiger partial charge in [0.25, 0.3) is 0 Å². The molecule has 270 valence electrons. The molecule has 2 saturated heterocycles. The van der Waals surface area contributed by atoms with Gasteiger partial charge in [0.1, 0.15) is 17.0 Å². The third-order valence-electron chi connectivity index (χ3n) is 9.94. The molecule has 2 amide bonds. The molecular weight excluding hydrogens is 644 g/mol. The van der Waals surface area contributed by atoms with Gasteiger partial charge in [-0.15, -0.1) is 0 Å². The second kappa shape index (κ2) is 13.4. The first-order valence-electron chi connectivity index (χ1n) is 18.3. The first kappa shape index (κ1) is 34.6. The Hall–Kier alpha value is -4.80. The maximum atomic E-state index is 13.1. The average Bonchev–Trinajstić information content (AvgIpc) is 3.87. The molecule has 7 rings (SSSR count). The van der Waals surface area contributed by atoms with E-state index in [4.69, 9.17) is 14.5 Å². The number of carbonyl (C=O) groups is 2. The molecule has 2 aromatic heterocycles. The Labute approximate surface area is 299 Å². The van der Waals surface area contributed by atoms with Gasteiger partial charge in [-0.2, -0.15) is 4.73 Å². The molecule has 2 N–H and O–H groups in total. The number of nitrogens with zero attached hydrogens (tertiary/aromatic N) is 5. The third kappa shape index (κ3) is 7.21. The minimum atomic E-state index is -0.602. The van der Waals surface area contributed by atoms with Gasteiger partial charge in [-0.05, 0) is 115 Å². The normalized spacial score (nSPS) is 19.3. The van der Waals surface area contributed by atoms with Crippen molar-refractivity contribution in [1.82, 2.24) is 29.5 Å². The monoisotopic (exact) mass is 694 g/mol. The topological polar surface area (TPSA) is 126 Å². The van der Waals surface area contributed by atoms with Crippen LogP contribution in [-0.2, 0) is 22.3 Å². The fraction of sp³-hybridized carbons (Fsp3) is 0.500. The summed E-state index contributed by atoms with van der Waals surface area (Å²) in [5.41, 5.74) is 6.80. The van der Waals surface area contributed by atoms with Crippen molar-refractivity contribution in [2.75, 3.05) is 13.1 Å². The Kier molecular flexibility index (Phi) is 9.10. The van der Waals surface area contributed by atoms with E-state index >= 15 is 0 Å². The lowest BCUT2D eigenvalue weighted by molar-refractivity contribution is 0.0194. The summed E-state index contributed by atoms with van der Waals surface area (Å²) in [5, 5.41) is 11.4. The minimum Gasteiger partial charge on any atom is -0.444 e. The lowest BCUT2D eigenvalue weighted by Crippen LogP contribution is -2.37. The highest BCUT2D eigenvalue weighted by molar-refractivity contribution is 5.75. The maximum absolute atomic E-state index is 13.1. The van der Waals surface area contributed by atoms with Crippen molar-refractivity contribution in [2.24, 2.45) is 0 Å². The van der Waals surface area contributed by atoms with Gasteiger partial charge >= 0.3 is 12.2 Å². The van der Waals surface area contributed by atoms with Crippen LogP contribution in [0.15, 0.2) is 48.7 Å². The van der Waals surface area contributed by atoms with Crippen LogP contribution in [0.2, 0.25) is 0 Å². The number of amides is 2. The number of fused-ring (bicyclic) bond motifs is 3. The average molecular weight is 695 g/mol. The number of likely N-dealkylation sites (tertiary alicyclic amines) is 2. The predicted molar refractivity (Wildman–Crippen MR) is 194 cm³/mol. The van der Waals surface area contributed by atoms with Crippen molar-refractivity contribution in [2.45, 2.75) is 116 Å². The number of nitrogens with one attached hydrogen (secondary N) is 1. The first-order valence-corrected chi connectivity index (χ1v) is 18.3. The van der Waals surface area contributed by atoms with Crippen LogP contribution in [0.1, 0.15) is 115 Å². The molecule has 0 spiro atoms. The van der Waals surface area contributed by atoms with Gasteiger partial charge in [0.15, 0.2) is 5.82 Å². The molecule has 0 unspecified atom stereocenters. The fourth-order valence-electron chi connectivity index (χ4n) is 7.60. The molecule has 51 heavy (non-hydrogen) atoms. The standard InChI is InChI=1S/C40H50N6O5/c1-39(2,3)50-37(47)44-21-9-13-32(44)35-41-24-30(42-35)26-17-15-25(16-18-26)27-19-20-29-28(23-27)11-7-8-12-31-34(29)43-36(46(31)49)33-14-10-22-45(33)38(48)51-40(4,5)6/h15-20,23-24,32-33,49H,7-14,21-22H2,1-6H3,(H,41,42)/t32-,33-/m0/s1. The van der Waals surface area contributed by atoms with Crippen molar-refractivity contribution < 1.29 is 24.3 Å². The van der Waals surface area contributed by atoms with Gasteiger partial charge in [-0.3, -0.25) is 9.80 Å². The molecule has 4 aromatic rings. The Bertz CT molecular complexity index is 1910. The number of aromatic nitrogens is 4. The number of imidazole rings is 2. The maximum Gasteiger partial charge on any atom is 0.410 e. The van der Waals surface area contributed by atoms with Crippen LogP contribution in [-0.4, -0.2) is 71.2 Å². The largest absolute Gasteiger partial charge is 0.444 e. The summed E-state index contributed by atoms with van der Waals surface area (Å²) < 4.78 is 12.6. The van der Waals surface area contributed by atoms with Gasteiger partial charge in [-0.25, -0.2) is 19.6 Å². The number of aryl methyl sites for hydroxylation is 1. The lowest BCUT2D eigenvalue weighted by atomic mass is 9.90. The minimum absolute atomic E-state index is 0.132. The van der Waals surface area contributed by atoms with Crippen LogP contribution in [0.3, 0.4) is 0 Å². The quantitative estimate of drug-likeness (QED) is 0.204. The van der Waals surface area contributed by atoms with Gasteiger partial charge < -0.3 is 19.7 Å². The molecule has 1 aliphatic carbocycles. The summed E-state index contributed by atoms with van der Waals surface area (Å²) >= 11 is 0. The van der Waals surface area contributed by atoms with Crippen LogP contribution in [0.25, 0.3) is 33.6 Å². The SMILES string of the molecule is CC(C)(C)OC(=O)N1CCC[C@H]1c1ncc(-c2ccc(-c3ccc4c(c3)CCCCc3c-4nc([C@@H]4CCCN4C(=O)OC(C)(C)C)n3O)cc2)[nH]1. The van der Waals surface area contributed by atoms with E-state index < -0.39 is 11.2 Å². The van der Waals surface area contributed by atoms with Crippen molar-refractivity contribution in [3.63, 3.8) is 0 Å².